The number of amides is 2. The number of carbonyl (C=O) groups is 2. The van der Waals surface area contributed by atoms with Gasteiger partial charge in [0.2, 0.25) is 0 Å². The van der Waals surface area contributed by atoms with Crippen molar-refractivity contribution in [3.63, 3.8) is 0 Å². The molecule has 1 aromatic rings. The lowest BCUT2D eigenvalue weighted by Gasteiger charge is -2.36. The molecule has 3 rings (SSSR count). The maximum atomic E-state index is 13.2. The number of likely N-dealkylation sites (N-methyl/N-ethyl adjacent to an activating group) is 1. The highest BCUT2D eigenvalue weighted by molar-refractivity contribution is 6.35. The Balaban J connectivity index is 2.07. The smallest absolute Gasteiger partial charge is 0.278 e. The van der Waals surface area contributed by atoms with E-state index in [9.17, 15) is 9.59 Å². The van der Waals surface area contributed by atoms with Crippen LogP contribution < -0.4 is 0 Å². The topological polar surface area (TPSA) is 43.9 Å². The second-order valence-corrected chi connectivity index (χ2v) is 8.24. The number of likely N-dealkylation sites (tertiary alicyclic amines) is 1. The van der Waals surface area contributed by atoms with Gasteiger partial charge in [-0.3, -0.25) is 14.5 Å². The molecule has 146 valence electrons. The molecule has 1 aromatic carbocycles. The largest absolute Gasteiger partial charge is 0.366 e. The second-order valence-electron chi connectivity index (χ2n) is 8.24. The number of nitrogens with zero attached hydrogens (tertiary/aromatic N) is 3. The van der Waals surface area contributed by atoms with Gasteiger partial charge >= 0.3 is 0 Å². The molecule has 5 nitrogen and oxygen atoms in total. The molecule has 0 spiro atoms. The minimum Gasteiger partial charge on any atom is -0.366 e. The van der Waals surface area contributed by atoms with Crippen LogP contribution in [-0.2, 0) is 9.59 Å². The van der Waals surface area contributed by atoms with Gasteiger partial charge in [0.25, 0.3) is 11.8 Å². The fourth-order valence-electron chi connectivity index (χ4n) is 4.05. The first-order chi connectivity index (χ1) is 12.7. The normalized spacial score (nSPS) is 19.6. The van der Waals surface area contributed by atoms with Gasteiger partial charge in [-0.15, -0.1) is 0 Å². The van der Waals surface area contributed by atoms with Crippen LogP contribution in [0.5, 0.6) is 0 Å². The van der Waals surface area contributed by atoms with Gasteiger partial charge in [0.1, 0.15) is 5.70 Å². The van der Waals surface area contributed by atoms with Gasteiger partial charge in [0, 0.05) is 19.1 Å². The van der Waals surface area contributed by atoms with Crippen LogP contribution in [0.2, 0.25) is 0 Å². The van der Waals surface area contributed by atoms with Crippen molar-refractivity contribution in [3.8, 4) is 0 Å². The van der Waals surface area contributed by atoms with E-state index in [1.165, 1.54) is 10.5 Å². The molecule has 0 saturated carbocycles. The van der Waals surface area contributed by atoms with Gasteiger partial charge in [0.15, 0.2) is 0 Å². The Labute approximate surface area is 162 Å². The van der Waals surface area contributed by atoms with E-state index in [0.717, 1.165) is 37.1 Å². The predicted octanol–water partition coefficient (Wildman–Crippen LogP) is 2.82. The molecule has 0 bridgehead atoms. The summed E-state index contributed by atoms with van der Waals surface area (Å²) < 4.78 is 0. The first kappa shape index (κ1) is 19.6. The predicted molar refractivity (Wildman–Crippen MR) is 108 cm³/mol. The molecule has 27 heavy (non-hydrogen) atoms. The van der Waals surface area contributed by atoms with Crippen LogP contribution in [0.25, 0.3) is 5.57 Å². The Kier molecular flexibility index (Phi) is 5.43. The molecule has 1 saturated heterocycles. The standard InChI is InChI=1S/C22H31N3O2/c1-14(2)25-21(26)19(17-8-7-15(3)16(4)13-17)20(22(25)27)24(6)18-9-11-23(5)12-10-18/h7-8,13-14,18H,9-12H2,1-6H3. The third-order valence-electron chi connectivity index (χ3n) is 5.99. The summed E-state index contributed by atoms with van der Waals surface area (Å²) in [6.07, 6.45) is 2.00. The van der Waals surface area contributed by atoms with Crippen LogP contribution in [0.3, 0.4) is 0 Å². The molecule has 5 heteroatoms. The van der Waals surface area contributed by atoms with Gasteiger partial charge in [-0.25, -0.2) is 0 Å². The van der Waals surface area contributed by atoms with Crippen LogP contribution >= 0.6 is 0 Å². The summed E-state index contributed by atoms with van der Waals surface area (Å²) in [5.41, 5.74) is 4.27. The Morgan fingerprint density at radius 1 is 1.04 bits per heavy atom. The van der Waals surface area contributed by atoms with Crippen molar-refractivity contribution in [1.82, 2.24) is 14.7 Å². The SMILES string of the molecule is Cc1ccc(C2=C(N(C)C3CCN(C)CC3)C(=O)N(C(C)C)C2=O)cc1C. The van der Waals surface area contributed by atoms with Crippen LogP contribution in [0, 0.1) is 13.8 Å². The highest BCUT2D eigenvalue weighted by atomic mass is 16.2. The third kappa shape index (κ3) is 3.53. The van der Waals surface area contributed by atoms with E-state index in [4.69, 9.17) is 0 Å². The van der Waals surface area contributed by atoms with E-state index >= 15 is 0 Å². The third-order valence-corrected chi connectivity index (χ3v) is 5.99. The fourth-order valence-corrected chi connectivity index (χ4v) is 4.05. The summed E-state index contributed by atoms with van der Waals surface area (Å²) in [6.45, 7) is 9.91. The molecule has 0 aromatic heterocycles. The number of rotatable bonds is 4. The van der Waals surface area contributed by atoms with E-state index in [1.54, 1.807) is 0 Å². The van der Waals surface area contributed by atoms with E-state index in [-0.39, 0.29) is 23.9 Å². The summed E-state index contributed by atoms with van der Waals surface area (Å²) in [6, 6.07) is 6.15. The Morgan fingerprint density at radius 3 is 2.22 bits per heavy atom. The molecule has 2 aliphatic heterocycles. The lowest BCUT2D eigenvalue weighted by molar-refractivity contribution is -0.139. The van der Waals surface area contributed by atoms with Crippen molar-refractivity contribution in [2.24, 2.45) is 0 Å². The highest BCUT2D eigenvalue weighted by Crippen LogP contribution is 2.35. The van der Waals surface area contributed by atoms with E-state index in [2.05, 4.69) is 23.8 Å². The van der Waals surface area contributed by atoms with E-state index < -0.39 is 0 Å². The molecule has 2 aliphatic rings. The van der Waals surface area contributed by atoms with E-state index in [0.29, 0.717) is 11.3 Å². The molecule has 0 aliphatic carbocycles. The zero-order chi connectivity index (χ0) is 19.9. The summed E-state index contributed by atoms with van der Waals surface area (Å²) in [7, 11) is 4.10. The maximum Gasteiger partial charge on any atom is 0.278 e. The van der Waals surface area contributed by atoms with Crippen molar-refractivity contribution in [3.05, 3.63) is 40.6 Å². The molecular formula is C22H31N3O2. The summed E-state index contributed by atoms with van der Waals surface area (Å²) in [4.78, 5) is 32.2. The van der Waals surface area contributed by atoms with Crippen molar-refractivity contribution in [1.29, 1.82) is 0 Å². The van der Waals surface area contributed by atoms with E-state index in [1.807, 2.05) is 46.0 Å². The molecule has 0 N–H and O–H groups in total. The zero-order valence-electron chi connectivity index (χ0n) is 17.4. The Bertz CT molecular complexity index is 789. The lowest BCUT2D eigenvalue weighted by Crippen LogP contribution is -2.44. The number of hydrogen-bond donors (Lipinski definition) is 0. The molecule has 0 unspecified atom stereocenters. The lowest BCUT2D eigenvalue weighted by atomic mass is 9.97. The minimum atomic E-state index is -0.173. The average Bonchev–Trinajstić information content (AvgIpc) is 2.88. The summed E-state index contributed by atoms with van der Waals surface area (Å²) in [5.74, 6) is -0.335. The number of aryl methyl sites for hydroxylation is 2. The Hall–Kier alpha value is -2.14. The highest BCUT2D eigenvalue weighted by Gasteiger charge is 2.43. The van der Waals surface area contributed by atoms with Crippen molar-refractivity contribution in [2.75, 3.05) is 27.2 Å². The quantitative estimate of drug-likeness (QED) is 0.766. The number of imide groups is 1. The number of carbonyl (C=O) groups excluding carboxylic acids is 2. The van der Waals surface area contributed by atoms with Crippen molar-refractivity contribution >= 4 is 17.4 Å². The van der Waals surface area contributed by atoms with Gasteiger partial charge in [-0.2, -0.15) is 0 Å². The molecular weight excluding hydrogens is 338 g/mol. The van der Waals surface area contributed by atoms with Crippen LogP contribution in [0.15, 0.2) is 23.9 Å². The number of benzene rings is 1. The Morgan fingerprint density at radius 2 is 1.67 bits per heavy atom. The van der Waals surface area contributed by atoms with Crippen LogP contribution in [0.1, 0.15) is 43.4 Å². The van der Waals surface area contributed by atoms with Gasteiger partial charge in [0.05, 0.1) is 5.57 Å². The zero-order valence-corrected chi connectivity index (χ0v) is 17.4. The second kappa shape index (κ2) is 7.47. The monoisotopic (exact) mass is 369 g/mol. The first-order valence-electron chi connectivity index (χ1n) is 9.83. The number of hydrogen-bond acceptors (Lipinski definition) is 4. The summed E-state index contributed by atoms with van der Waals surface area (Å²) in [5, 5.41) is 0. The van der Waals surface area contributed by atoms with Crippen molar-refractivity contribution < 1.29 is 9.59 Å². The first-order valence-corrected chi connectivity index (χ1v) is 9.83. The van der Waals surface area contributed by atoms with Gasteiger partial charge < -0.3 is 9.80 Å². The van der Waals surface area contributed by atoms with Crippen LogP contribution in [0.4, 0.5) is 0 Å². The molecule has 0 atom stereocenters. The molecule has 2 amide bonds. The van der Waals surface area contributed by atoms with Gasteiger partial charge in [-0.05, 0) is 77.4 Å². The maximum absolute atomic E-state index is 13.2. The minimum absolute atomic E-state index is 0.157. The van der Waals surface area contributed by atoms with Gasteiger partial charge in [-0.1, -0.05) is 18.2 Å². The fraction of sp³-hybridized carbons (Fsp3) is 0.545. The average molecular weight is 370 g/mol. The molecule has 0 radical (unpaired) electrons. The molecule has 2 heterocycles. The van der Waals surface area contributed by atoms with Crippen LogP contribution in [-0.4, -0.2) is 65.8 Å². The summed E-state index contributed by atoms with van der Waals surface area (Å²) >= 11 is 0. The van der Waals surface area contributed by atoms with Crippen molar-refractivity contribution in [2.45, 2.75) is 52.6 Å². The molecule has 1 fully saturated rings. The number of piperidine rings is 1.